The van der Waals surface area contributed by atoms with Crippen molar-refractivity contribution in [2.24, 2.45) is 5.92 Å². The van der Waals surface area contributed by atoms with E-state index in [0.29, 0.717) is 16.8 Å². The molecule has 0 bridgehead atoms. The Balaban J connectivity index is 2.79. The Morgan fingerprint density at radius 3 is 2.69 bits per heavy atom. The average Bonchev–Trinajstić information content (AvgIpc) is 2.28. The van der Waals surface area contributed by atoms with Gasteiger partial charge in [0.2, 0.25) is 0 Å². The summed E-state index contributed by atoms with van der Waals surface area (Å²) in [5.74, 6) is 1.91. The Bertz CT molecular complexity index is 342. The van der Waals surface area contributed by atoms with E-state index in [1.807, 2.05) is 13.1 Å². The third kappa shape index (κ3) is 3.53. The molecule has 0 N–H and O–H groups in total. The zero-order chi connectivity index (χ0) is 12.1. The molecule has 16 heavy (non-hydrogen) atoms. The van der Waals surface area contributed by atoms with Gasteiger partial charge in [-0.2, -0.15) is 0 Å². The second-order valence-corrected chi connectivity index (χ2v) is 4.85. The van der Waals surface area contributed by atoms with E-state index in [9.17, 15) is 0 Å². The second-order valence-electron chi connectivity index (χ2n) is 4.18. The summed E-state index contributed by atoms with van der Waals surface area (Å²) >= 11 is 11.9. The number of rotatable bonds is 5. The predicted octanol–water partition coefficient (Wildman–Crippen LogP) is 3.96. The number of anilines is 1. The van der Waals surface area contributed by atoms with Gasteiger partial charge in [0.25, 0.3) is 0 Å². The van der Waals surface area contributed by atoms with E-state index in [4.69, 9.17) is 23.2 Å². The van der Waals surface area contributed by atoms with E-state index < -0.39 is 0 Å². The molecule has 4 heteroatoms. The molecule has 0 saturated carbocycles. The summed E-state index contributed by atoms with van der Waals surface area (Å²) in [5.41, 5.74) is 0.951. The predicted molar refractivity (Wildman–Crippen MR) is 71.5 cm³/mol. The van der Waals surface area contributed by atoms with Crippen LogP contribution in [0.15, 0.2) is 12.3 Å². The van der Waals surface area contributed by atoms with E-state index >= 15 is 0 Å². The molecule has 0 aliphatic rings. The van der Waals surface area contributed by atoms with Crippen LogP contribution in [0.25, 0.3) is 0 Å². The molecule has 1 aromatic rings. The summed E-state index contributed by atoms with van der Waals surface area (Å²) in [5, 5.41) is 0.670. The molecule has 1 rings (SSSR count). The third-order valence-corrected chi connectivity index (χ3v) is 3.26. The third-order valence-electron chi connectivity index (χ3n) is 2.68. The number of hydrogen-bond donors (Lipinski definition) is 0. The molecule has 2 nitrogen and oxygen atoms in total. The van der Waals surface area contributed by atoms with Crippen LogP contribution >= 0.6 is 23.2 Å². The first kappa shape index (κ1) is 13.6. The first-order valence-corrected chi connectivity index (χ1v) is 6.41. The number of hydrogen-bond acceptors (Lipinski definition) is 2. The minimum atomic E-state index is 0.447. The van der Waals surface area contributed by atoms with E-state index in [2.05, 4.69) is 23.7 Å². The fourth-order valence-corrected chi connectivity index (χ4v) is 1.99. The summed E-state index contributed by atoms with van der Waals surface area (Å²) in [6, 6.07) is 1.88. The van der Waals surface area contributed by atoms with Crippen LogP contribution in [-0.4, -0.2) is 18.6 Å². The van der Waals surface area contributed by atoms with Crippen molar-refractivity contribution >= 4 is 29.0 Å². The van der Waals surface area contributed by atoms with Crippen LogP contribution in [0, 0.1) is 5.92 Å². The van der Waals surface area contributed by atoms with Gasteiger partial charge in [-0.1, -0.05) is 31.9 Å². The van der Waals surface area contributed by atoms with Gasteiger partial charge in [-0.15, -0.1) is 11.6 Å². The van der Waals surface area contributed by atoms with Crippen LogP contribution in [0.1, 0.15) is 25.8 Å². The lowest BCUT2D eigenvalue weighted by Crippen LogP contribution is -2.24. The summed E-state index contributed by atoms with van der Waals surface area (Å²) in [6.45, 7) is 5.37. The molecule has 0 fully saturated rings. The quantitative estimate of drug-likeness (QED) is 0.746. The molecule has 1 atom stereocenters. The van der Waals surface area contributed by atoms with Crippen molar-refractivity contribution < 1.29 is 0 Å². The summed E-state index contributed by atoms with van der Waals surface area (Å²) in [7, 11) is 2.01. The van der Waals surface area contributed by atoms with Gasteiger partial charge in [0.05, 0.1) is 5.02 Å². The van der Waals surface area contributed by atoms with Gasteiger partial charge in [-0.3, -0.25) is 0 Å². The lowest BCUT2D eigenvalue weighted by molar-refractivity contribution is 0.558. The minimum absolute atomic E-state index is 0.447. The van der Waals surface area contributed by atoms with Gasteiger partial charge >= 0.3 is 0 Å². The smallest absolute Gasteiger partial charge is 0.147 e. The monoisotopic (exact) mass is 260 g/mol. The van der Waals surface area contributed by atoms with Crippen LogP contribution in [0.2, 0.25) is 5.02 Å². The molecule has 0 aliphatic heterocycles. The lowest BCUT2D eigenvalue weighted by Gasteiger charge is -2.22. The van der Waals surface area contributed by atoms with Gasteiger partial charge in [-0.05, 0) is 17.5 Å². The average molecular weight is 261 g/mol. The van der Waals surface area contributed by atoms with Gasteiger partial charge in [0, 0.05) is 25.7 Å². The van der Waals surface area contributed by atoms with Crippen LogP contribution in [-0.2, 0) is 5.88 Å². The molecule has 0 radical (unpaired) electrons. The van der Waals surface area contributed by atoms with Crippen molar-refractivity contribution in [1.82, 2.24) is 4.98 Å². The normalized spacial score (nSPS) is 12.6. The Hall–Kier alpha value is -0.470. The molecule has 0 saturated heterocycles. The summed E-state index contributed by atoms with van der Waals surface area (Å²) < 4.78 is 0. The van der Waals surface area contributed by atoms with Gasteiger partial charge in [0.15, 0.2) is 0 Å². The molecule has 0 spiro atoms. The van der Waals surface area contributed by atoms with E-state index in [1.165, 1.54) is 0 Å². The molecule has 0 amide bonds. The lowest BCUT2D eigenvalue weighted by atomic mass is 10.1. The molecule has 90 valence electrons. The van der Waals surface area contributed by atoms with Gasteiger partial charge in [0.1, 0.15) is 5.82 Å². The maximum atomic E-state index is 6.17. The first-order chi connectivity index (χ1) is 7.58. The highest BCUT2D eigenvalue weighted by molar-refractivity contribution is 6.33. The number of halogens is 2. The van der Waals surface area contributed by atoms with Crippen molar-refractivity contribution in [3.63, 3.8) is 0 Å². The van der Waals surface area contributed by atoms with Crippen LogP contribution in [0.5, 0.6) is 0 Å². The van der Waals surface area contributed by atoms with E-state index in [-0.39, 0.29) is 0 Å². The highest BCUT2D eigenvalue weighted by Crippen LogP contribution is 2.24. The number of aromatic nitrogens is 1. The molecular formula is C12H18Cl2N2. The first-order valence-electron chi connectivity index (χ1n) is 5.50. The Labute approximate surface area is 108 Å². The van der Waals surface area contributed by atoms with Crippen molar-refractivity contribution in [2.75, 3.05) is 18.5 Å². The Morgan fingerprint density at radius 2 is 2.19 bits per heavy atom. The molecule has 0 aromatic carbocycles. The Morgan fingerprint density at radius 1 is 1.50 bits per heavy atom. The van der Waals surface area contributed by atoms with Crippen molar-refractivity contribution in [3.05, 3.63) is 22.8 Å². The highest BCUT2D eigenvalue weighted by atomic mass is 35.5. The molecular weight excluding hydrogens is 243 g/mol. The SMILES string of the molecule is CCC(C)CN(C)c1ncc(CCl)cc1Cl. The fourth-order valence-electron chi connectivity index (χ4n) is 1.51. The van der Waals surface area contributed by atoms with Crippen LogP contribution in [0.3, 0.4) is 0 Å². The molecule has 0 aliphatic carbocycles. The number of pyridine rings is 1. The molecule has 1 aromatic heterocycles. The topological polar surface area (TPSA) is 16.1 Å². The molecule has 1 heterocycles. The zero-order valence-electron chi connectivity index (χ0n) is 10.0. The molecule has 1 unspecified atom stereocenters. The fraction of sp³-hybridized carbons (Fsp3) is 0.583. The van der Waals surface area contributed by atoms with Crippen molar-refractivity contribution in [2.45, 2.75) is 26.1 Å². The van der Waals surface area contributed by atoms with Crippen molar-refractivity contribution in [3.8, 4) is 0 Å². The maximum Gasteiger partial charge on any atom is 0.147 e. The van der Waals surface area contributed by atoms with E-state index in [0.717, 1.165) is 24.3 Å². The number of alkyl halides is 1. The Kier molecular flexibility index (Phi) is 5.36. The number of nitrogens with zero attached hydrogens (tertiary/aromatic N) is 2. The largest absolute Gasteiger partial charge is 0.358 e. The zero-order valence-corrected chi connectivity index (χ0v) is 11.5. The maximum absolute atomic E-state index is 6.17. The minimum Gasteiger partial charge on any atom is -0.358 e. The summed E-state index contributed by atoms with van der Waals surface area (Å²) in [6.07, 6.45) is 2.93. The second kappa shape index (κ2) is 6.31. The van der Waals surface area contributed by atoms with Gasteiger partial charge in [-0.25, -0.2) is 4.98 Å². The van der Waals surface area contributed by atoms with Crippen LogP contribution in [0.4, 0.5) is 5.82 Å². The standard InChI is InChI=1S/C12H18Cl2N2/c1-4-9(2)8-16(3)12-11(14)5-10(6-13)7-15-12/h5,7,9H,4,6,8H2,1-3H3. The van der Waals surface area contributed by atoms with E-state index in [1.54, 1.807) is 6.20 Å². The van der Waals surface area contributed by atoms with Crippen LogP contribution < -0.4 is 4.90 Å². The summed E-state index contributed by atoms with van der Waals surface area (Å²) in [4.78, 5) is 6.44. The van der Waals surface area contributed by atoms with Crippen molar-refractivity contribution in [1.29, 1.82) is 0 Å². The van der Waals surface area contributed by atoms with Gasteiger partial charge < -0.3 is 4.90 Å². The highest BCUT2D eigenvalue weighted by Gasteiger charge is 2.10.